The third kappa shape index (κ3) is 2.87. The van der Waals surface area contributed by atoms with Crippen molar-refractivity contribution < 1.29 is 8.87 Å². The molecule has 4 heteroatoms. The molecular formula is C8H14BN2S+2. The van der Waals surface area contributed by atoms with Gasteiger partial charge in [0, 0.05) is 6.07 Å². The van der Waals surface area contributed by atoms with Gasteiger partial charge in [-0.15, -0.1) is 0 Å². The molecule has 0 N–H and O–H groups in total. The van der Waals surface area contributed by atoms with E-state index in [1.807, 2.05) is 28.9 Å². The van der Waals surface area contributed by atoms with Crippen LogP contribution in [0.1, 0.15) is 0 Å². The lowest BCUT2D eigenvalue weighted by atomic mass is 10.1. The minimum atomic E-state index is 0.780. The van der Waals surface area contributed by atoms with E-state index in [0.717, 1.165) is 9.42 Å². The topological polar surface area (TPSA) is 3.88 Å². The number of pyridine rings is 1. The number of hydrogen-bond donors (Lipinski definition) is 1. The van der Waals surface area contributed by atoms with Crippen LogP contribution in [0.15, 0.2) is 29.4 Å². The molecule has 1 radical (unpaired) electrons. The lowest BCUT2D eigenvalue weighted by molar-refractivity contribution is -0.813. The highest BCUT2D eigenvalue weighted by Crippen LogP contribution is 1.96. The summed E-state index contributed by atoms with van der Waals surface area (Å²) >= 11 is 4.33. The summed E-state index contributed by atoms with van der Waals surface area (Å²) in [5, 5.41) is 0.950. The lowest BCUT2D eigenvalue weighted by Crippen LogP contribution is -2.57. The molecular weight excluding hydrogens is 167 g/mol. The zero-order valence-corrected chi connectivity index (χ0v) is 8.62. The van der Waals surface area contributed by atoms with Gasteiger partial charge in [-0.2, -0.15) is 0 Å². The van der Waals surface area contributed by atoms with Gasteiger partial charge in [-0.25, -0.2) is 4.48 Å². The third-order valence-corrected chi connectivity index (χ3v) is 1.72. The van der Waals surface area contributed by atoms with E-state index in [1.54, 1.807) is 0 Å². The molecule has 1 aromatic heterocycles. The summed E-state index contributed by atoms with van der Waals surface area (Å²) in [6.07, 6.45) is 1.99. The molecule has 0 amide bonds. The second kappa shape index (κ2) is 3.50. The van der Waals surface area contributed by atoms with Gasteiger partial charge in [-0.3, -0.25) is 0 Å². The Bertz CT molecular complexity index is 270. The molecule has 0 bridgehead atoms. The van der Waals surface area contributed by atoms with Crippen LogP contribution in [0.3, 0.4) is 0 Å². The van der Waals surface area contributed by atoms with Crippen molar-refractivity contribution in [3.8, 4) is 0 Å². The monoisotopic (exact) mass is 181 g/mol. The van der Waals surface area contributed by atoms with E-state index < -0.39 is 0 Å². The van der Waals surface area contributed by atoms with Gasteiger partial charge in [0.05, 0.1) is 21.1 Å². The zero-order chi connectivity index (χ0) is 9.19. The minimum absolute atomic E-state index is 0.780. The molecule has 1 rings (SSSR count). The van der Waals surface area contributed by atoms with E-state index in [9.17, 15) is 0 Å². The molecule has 0 saturated heterocycles. The lowest BCUT2D eigenvalue weighted by Gasteiger charge is -2.15. The highest BCUT2D eigenvalue weighted by Gasteiger charge is 2.30. The second-order valence-corrected chi connectivity index (χ2v) is 4.16. The predicted octanol–water partition coefficient (Wildman–Crippen LogP) is 0.351. The summed E-state index contributed by atoms with van der Waals surface area (Å²) in [5.41, 5.74) is 0. The van der Waals surface area contributed by atoms with Gasteiger partial charge >= 0.3 is 7.55 Å². The molecule has 0 spiro atoms. The summed E-state index contributed by atoms with van der Waals surface area (Å²) in [5.74, 6) is 0. The van der Waals surface area contributed by atoms with Gasteiger partial charge in [-0.1, -0.05) is 12.6 Å². The first kappa shape index (κ1) is 9.61. The van der Waals surface area contributed by atoms with Crippen molar-refractivity contribution in [1.82, 2.24) is 0 Å². The van der Waals surface area contributed by atoms with Crippen molar-refractivity contribution in [1.29, 1.82) is 0 Å². The molecule has 63 valence electrons. The van der Waals surface area contributed by atoms with Gasteiger partial charge in [-0.05, 0) is 12.1 Å². The Labute approximate surface area is 80.1 Å². The average Bonchev–Trinajstić information content (AvgIpc) is 1.91. The van der Waals surface area contributed by atoms with Gasteiger partial charge < -0.3 is 4.39 Å². The SMILES string of the molecule is C[N+](C)(C)[B][n+]1ccccc1S. The van der Waals surface area contributed by atoms with E-state index in [0.29, 0.717) is 0 Å². The third-order valence-electron chi connectivity index (χ3n) is 1.34. The highest BCUT2D eigenvalue weighted by molar-refractivity contribution is 7.80. The maximum absolute atomic E-state index is 4.33. The first-order chi connectivity index (χ1) is 5.49. The van der Waals surface area contributed by atoms with Crippen LogP contribution in [0.4, 0.5) is 0 Å². The first-order valence-corrected chi connectivity index (χ1v) is 4.30. The van der Waals surface area contributed by atoms with Crippen LogP contribution in [0.5, 0.6) is 0 Å². The van der Waals surface area contributed by atoms with E-state index >= 15 is 0 Å². The van der Waals surface area contributed by atoms with Crippen LogP contribution < -0.4 is 4.48 Å². The highest BCUT2D eigenvalue weighted by atomic mass is 32.1. The van der Waals surface area contributed by atoms with Crippen LogP contribution in [0.25, 0.3) is 0 Å². The van der Waals surface area contributed by atoms with E-state index in [1.165, 1.54) is 0 Å². The quantitative estimate of drug-likeness (QED) is 0.495. The van der Waals surface area contributed by atoms with Crippen LogP contribution >= 0.6 is 12.6 Å². The zero-order valence-electron chi connectivity index (χ0n) is 7.73. The Morgan fingerprint density at radius 3 is 2.50 bits per heavy atom. The van der Waals surface area contributed by atoms with Crippen LogP contribution in [0.2, 0.25) is 0 Å². The summed E-state index contributed by atoms with van der Waals surface area (Å²) in [6.45, 7) is 0. The average molecular weight is 181 g/mol. The molecule has 0 fully saturated rings. The van der Waals surface area contributed by atoms with E-state index in [2.05, 4.69) is 41.3 Å². The molecule has 0 aliphatic rings. The Morgan fingerprint density at radius 1 is 1.33 bits per heavy atom. The normalized spacial score (nSPS) is 11.3. The fourth-order valence-electron chi connectivity index (χ4n) is 0.917. The number of thiol groups is 1. The molecule has 0 aliphatic carbocycles. The van der Waals surface area contributed by atoms with Crippen molar-refractivity contribution in [2.75, 3.05) is 21.1 Å². The van der Waals surface area contributed by atoms with Crippen molar-refractivity contribution in [2.24, 2.45) is 0 Å². The van der Waals surface area contributed by atoms with Crippen molar-refractivity contribution in [3.63, 3.8) is 0 Å². The molecule has 0 unspecified atom stereocenters. The Kier molecular flexibility index (Phi) is 2.80. The smallest absolute Gasteiger partial charge is 0.327 e. The fraction of sp³-hybridized carbons (Fsp3) is 0.375. The molecule has 0 atom stereocenters. The summed E-state index contributed by atoms with van der Waals surface area (Å²) in [6, 6.07) is 5.93. The summed E-state index contributed by atoms with van der Waals surface area (Å²) in [7, 11) is 8.40. The fourth-order valence-corrected chi connectivity index (χ4v) is 1.12. The number of hydrogen-bond acceptors (Lipinski definition) is 1. The van der Waals surface area contributed by atoms with Crippen molar-refractivity contribution in [2.45, 2.75) is 5.03 Å². The largest absolute Gasteiger partial charge is 0.889 e. The van der Waals surface area contributed by atoms with Crippen LogP contribution in [-0.2, 0) is 0 Å². The molecule has 1 heterocycles. The number of nitrogens with zero attached hydrogens (tertiary/aromatic N) is 2. The van der Waals surface area contributed by atoms with Gasteiger partial charge in [0.25, 0.3) is 0 Å². The second-order valence-electron chi connectivity index (χ2n) is 3.70. The molecule has 0 saturated carbocycles. The molecule has 0 aromatic carbocycles. The van der Waals surface area contributed by atoms with E-state index in [4.69, 9.17) is 0 Å². The van der Waals surface area contributed by atoms with Gasteiger partial charge in [0.2, 0.25) is 5.03 Å². The number of rotatable bonds is 2. The molecule has 2 nitrogen and oxygen atoms in total. The first-order valence-electron chi connectivity index (χ1n) is 3.85. The predicted molar refractivity (Wildman–Crippen MR) is 53.1 cm³/mol. The van der Waals surface area contributed by atoms with E-state index in [-0.39, 0.29) is 0 Å². The maximum Gasteiger partial charge on any atom is 0.889 e. The minimum Gasteiger partial charge on any atom is -0.327 e. The summed E-state index contributed by atoms with van der Waals surface area (Å²) < 4.78 is 2.78. The maximum atomic E-state index is 4.33. The van der Waals surface area contributed by atoms with Crippen LogP contribution in [0, 0.1) is 0 Å². The van der Waals surface area contributed by atoms with Crippen molar-refractivity contribution >= 4 is 20.2 Å². The Morgan fingerprint density at radius 2 is 2.00 bits per heavy atom. The molecule has 0 aliphatic heterocycles. The Hall–Kier alpha value is -0.475. The molecule has 1 aromatic rings. The van der Waals surface area contributed by atoms with Gasteiger partial charge in [0.1, 0.15) is 6.20 Å². The Balaban J connectivity index is 2.83. The molecule has 12 heavy (non-hydrogen) atoms. The summed E-state index contributed by atoms with van der Waals surface area (Å²) in [4.78, 5) is 0. The van der Waals surface area contributed by atoms with Crippen LogP contribution in [-0.4, -0.2) is 33.1 Å². The van der Waals surface area contributed by atoms with Crippen molar-refractivity contribution in [3.05, 3.63) is 24.4 Å². The standard InChI is InChI=1S/C8H14BN2S/c1-11(2,3)9-10-7-5-4-6-8(10)12/h4-7,12H,1-3H3/q+2. The van der Waals surface area contributed by atoms with Gasteiger partial charge in [0.15, 0.2) is 0 Å². The number of aromatic nitrogens is 1. The number of quaternary nitrogens is 1.